The molecule has 12 nitrogen and oxygen atoms in total. The van der Waals surface area contributed by atoms with Gasteiger partial charge in [0.1, 0.15) is 24.2 Å². The fraction of sp³-hybridized carbons (Fsp3) is 0.617. The number of hydrogen-bond donors (Lipinski definition) is 4. The molecular formula is C47H66N6O6. The molecular weight excluding hydrogens is 745 g/mol. The Morgan fingerprint density at radius 1 is 0.559 bits per heavy atom. The molecule has 0 aliphatic carbocycles. The van der Waals surface area contributed by atoms with E-state index >= 15 is 0 Å². The van der Waals surface area contributed by atoms with Crippen molar-refractivity contribution >= 4 is 35.4 Å². The third-order valence-electron chi connectivity index (χ3n) is 13.5. The molecule has 2 aromatic rings. The third kappa shape index (κ3) is 10.5. The van der Waals surface area contributed by atoms with Gasteiger partial charge in [-0.15, -0.1) is 0 Å². The minimum absolute atomic E-state index is 0.0720. The van der Waals surface area contributed by atoms with Crippen molar-refractivity contribution < 1.29 is 28.8 Å². The Kier molecular flexibility index (Phi) is 15.2. The molecule has 2 aromatic carbocycles. The van der Waals surface area contributed by atoms with Gasteiger partial charge >= 0.3 is 0 Å². The van der Waals surface area contributed by atoms with Crippen molar-refractivity contribution in [3.05, 3.63) is 71.8 Å². The predicted octanol–water partition coefficient (Wildman–Crippen LogP) is 6.02. The molecule has 6 rings (SSSR count). The van der Waals surface area contributed by atoms with Gasteiger partial charge in [-0.3, -0.25) is 28.8 Å². The zero-order valence-corrected chi connectivity index (χ0v) is 35.5. The van der Waals surface area contributed by atoms with Gasteiger partial charge in [-0.2, -0.15) is 0 Å². The molecule has 0 spiro atoms. The van der Waals surface area contributed by atoms with Crippen LogP contribution in [0.25, 0.3) is 0 Å². The van der Waals surface area contributed by atoms with Crippen LogP contribution in [0.15, 0.2) is 60.7 Å². The fourth-order valence-corrected chi connectivity index (χ4v) is 9.54. The van der Waals surface area contributed by atoms with Gasteiger partial charge < -0.3 is 31.1 Å². The van der Waals surface area contributed by atoms with Crippen molar-refractivity contribution in [1.82, 2.24) is 31.1 Å². The molecule has 6 amide bonds. The van der Waals surface area contributed by atoms with Gasteiger partial charge in [0.05, 0.1) is 12.1 Å². The molecule has 0 aromatic heterocycles. The second kappa shape index (κ2) is 20.5. The van der Waals surface area contributed by atoms with Crippen molar-refractivity contribution in [2.45, 2.75) is 172 Å². The molecule has 320 valence electrons. The van der Waals surface area contributed by atoms with E-state index in [0.29, 0.717) is 57.8 Å². The first kappa shape index (κ1) is 43.8. The minimum atomic E-state index is -0.688. The first-order valence-electron chi connectivity index (χ1n) is 22.5. The Morgan fingerprint density at radius 2 is 0.932 bits per heavy atom. The quantitative estimate of drug-likeness (QED) is 0.183. The van der Waals surface area contributed by atoms with Gasteiger partial charge in [0, 0.05) is 23.9 Å². The summed E-state index contributed by atoms with van der Waals surface area (Å²) < 4.78 is 0. The van der Waals surface area contributed by atoms with Crippen molar-refractivity contribution in [1.29, 1.82) is 0 Å². The molecule has 4 saturated heterocycles. The summed E-state index contributed by atoms with van der Waals surface area (Å²) in [4.78, 5) is 86.9. The lowest BCUT2D eigenvalue weighted by molar-refractivity contribution is -0.145. The van der Waals surface area contributed by atoms with E-state index in [-0.39, 0.29) is 59.4 Å². The monoisotopic (exact) mass is 811 g/mol. The summed E-state index contributed by atoms with van der Waals surface area (Å²) in [5, 5.41) is 12.7. The highest BCUT2D eigenvalue weighted by atomic mass is 16.2. The lowest BCUT2D eigenvalue weighted by atomic mass is 9.93. The van der Waals surface area contributed by atoms with Crippen LogP contribution in [0.5, 0.6) is 0 Å². The Balaban J connectivity index is 1.23. The predicted molar refractivity (Wildman–Crippen MR) is 226 cm³/mol. The summed E-state index contributed by atoms with van der Waals surface area (Å²) >= 11 is 0. The van der Waals surface area contributed by atoms with E-state index < -0.39 is 36.3 Å². The SMILES string of the molecule is CC[C@@H](C)C(=O)N[C@H]1CCCC[C@H]2CC[C@@H](C(=O)N[C@H](C[C@@H](NC(=O)[C@@H]3CC[C@@H]4CCCC[C@H](NC(=O)[C@H](C)CC)C(=O)N43)c3ccccc3)c3ccccc3)N2C1=O. The van der Waals surface area contributed by atoms with Crippen LogP contribution in [0, 0.1) is 11.8 Å². The first-order valence-corrected chi connectivity index (χ1v) is 22.5. The van der Waals surface area contributed by atoms with Crippen LogP contribution in [0.3, 0.4) is 0 Å². The molecule has 0 saturated carbocycles. The highest BCUT2D eigenvalue weighted by Crippen LogP contribution is 2.35. The number of rotatable bonds is 14. The van der Waals surface area contributed by atoms with Crippen LogP contribution in [-0.4, -0.2) is 81.5 Å². The second-order valence-electron chi connectivity index (χ2n) is 17.5. The lowest BCUT2D eigenvalue weighted by Gasteiger charge is -2.37. The second-order valence-corrected chi connectivity index (χ2v) is 17.5. The molecule has 4 aliphatic heterocycles. The van der Waals surface area contributed by atoms with E-state index in [9.17, 15) is 28.8 Å². The molecule has 0 unspecified atom stereocenters. The standard InChI is InChI=1S/C47H66N6O6/c1-5-30(3)42(54)48-36-23-15-13-21-34-25-27-40(52(34)46(36)58)44(56)50-38(32-17-9-7-10-18-32)29-39(33-19-11-8-12-20-33)51-45(57)41-28-26-35-22-14-16-24-37(47(59)53(35)41)49-43(55)31(4)6-2/h7-12,17-20,30-31,34-41H,5-6,13-16,21-29H2,1-4H3,(H,48,54)(H,49,55)(H,50,56)(H,51,57)/t30-,31-,34+,35+,36+,37+,38-,39-,40+,41+/m1/s1. The average Bonchev–Trinajstić information content (AvgIpc) is 3.87. The average molecular weight is 811 g/mol. The Morgan fingerprint density at radius 3 is 1.31 bits per heavy atom. The van der Waals surface area contributed by atoms with Gasteiger partial charge in [-0.25, -0.2) is 0 Å². The molecule has 10 atom stereocenters. The molecule has 4 heterocycles. The summed E-state index contributed by atoms with van der Waals surface area (Å²) in [6.45, 7) is 7.62. The smallest absolute Gasteiger partial charge is 0.246 e. The minimum Gasteiger partial charge on any atom is -0.347 e. The zero-order valence-electron chi connectivity index (χ0n) is 35.5. The Bertz CT molecular complexity index is 1650. The number of benzene rings is 2. The number of carbonyl (C=O) groups is 6. The van der Waals surface area contributed by atoms with Gasteiger partial charge in [0.2, 0.25) is 35.4 Å². The van der Waals surface area contributed by atoms with Crippen molar-refractivity contribution in [2.75, 3.05) is 0 Å². The zero-order chi connectivity index (χ0) is 42.1. The summed E-state index contributed by atoms with van der Waals surface area (Å²) in [7, 11) is 0. The summed E-state index contributed by atoms with van der Waals surface area (Å²) in [5.41, 5.74) is 1.73. The van der Waals surface area contributed by atoms with E-state index in [2.05, 4.69) is 21.3 Å². The number of nitrogens with zero attached hydrogens (tertiary/aromatic N) is 2. The number of carbonyl (C=O) groups excluding carboxylic acids is 6. The van der Waals surface area contributed by atoms with Crippen molar-refractivity contribution in [3.63, 3.8) is 0 Å². The Labute approximate surface area is 350 Å². The topological polar surface area (TPSA) is 157 Å². The molecule has 4 N–H and O–H groups in total. The Hall–Kier alpha value is -4.74. The largest absolute Gasteiger partial charge is 0.347 e. The van der Waals surface area contributed by atoms with E-state index in [0.717, 1.165) is 49.7 Å². The summed E-state index contributed by atoms with van der Waals surface area (Å²) in [5.74, 6) is -1.59. The number of fused-ring (bicyclic) bond motifs is 2. The van der Waals surface area contributed by atoms with Crippen LogP contribution in [0.4, 0.5) is 0 Å². The van der Waals surface area contributed by atoms with Gasteiger partial charge in [-0.05, 0) is 81.8 Å². The number of hydrogen-bond acceptors (Lipinski definition) is 6. The van der Waals surface area contributed by atoms with Crippen molar-refractivity contribution in [2.24, 2.45) is 11.8 Å². The molecule has 4 fully saturated rings. The lowest BCUT2D eigenvalue weighted by Crippen LogP contribution is -2.57. The third-order valence-corrected chi connectivity index (χ3v) is 13.5. The van der Waals surface area contributed by atoms with Crippen LogP contribution in [0.2, 0.25) is 0 Å². The van der Waals surface area contributed by atoms with Crippen LogP contribution in [-0.2, 0) is 28.8 Å². The summed E-state index contributed by atoms with van der Waals surface area (Å²) in [6, 6.07) is 15.5. The van der Waals surface area contributed by atoms with E-state index in [1.54, 1.807) is 9.80 Å². The van der Waals surface area contributed by atoms with Crippen molar-refractivity contribution in [3.8, 4) is 0 Å². The van der Waals surface area contributed by atoms with E-state index in [4.69, 9.17) is 0 Å². The molecule has 12 heteroatoms. The van der Waals surface area contributed by atoms with Crippen LogP contribution in [0.1, 0.15) is 147 Å². The van der Waals surface area contributed by atoms with E-state index in [1.807, 2.05) is 88.4 Å². The first-order chi connectivity index (χ1) is 28.5. The highest BCUT2D eigenvalue weighted by Gasteiger charge is 2.46. The van der Waals surface area contributed by atoms with Crippen LogP contribution < -0.4 is 21.3 Å². The maximum atomic E-state index is 14.5. The molecule has 59 heavy (non-hydrogen) atoms. The van der Waals surface area contributed by atoms with Gasteiger partial charge in [0.15, 0.2) is 0 Å². The number of amides is 6. The molecule has 4 aliphatic rings. The van der Waals surface area contributed by atoms with E-state index in [1.165, 1.54) is 0 Å². The van der Waals surface area contributed by atoms with Gasteiger partial charge in [-0.1, -0.05) is 114 Å². The molecule has 0 bridgehead atoms. The fourth-order valence-electron chi connectivity index (χ4n) is 9.54. The summed E-state index contributed by atoms with van der Waals surface area (Å²) in [6.07, 6.45) is 10.4. The van der Waals surface area contributed by atoms with Gasteiger partial charge in [0.25, 0.3) is 0 Å². The normalized spacial score (nSPS) is 26.7. The number of nitrogens with one attached hydrogen (secondary N) is 4. The highest BCUT2D eigenvalue weighted by molar-refractivity contribution is 5.94. The molecule has 0 radical (unpaired) electrons. The maximum absolute atomic E-state index is 14.5. The maximum Gasteiger partial charge on any atom is 0.246 e. The van der Waals surface area contributed by atoms with Crippen LogP contribution >= 0.6 is 0 Å².